The van der Waals surface area contributed by atoms with Crippen LogP contribution in [0.15, 0.2) is 35.4 Å². The minimum atomic E-state index is 0.0293. The van der Waals surface area contributed by atoms with E-state index in [1.807, 2.05) is 12.1 Å². The molecule has 0 radical (unpaired) electrons. The molecule has 0 unspecified atom stereocenters. The fourth-order valence-corrected chi connectivity index (χ4v) is 3.50. The predicted octanol–water partition coefficient (Wildman–Crippen LogP) is 4.35. The first kappa shape index (κ1) is 13.3. The molecule has 2 nitrogen and oxygen atoms in total. The van der Waals surface area contributed by atoms with Crippen LogP contribution in [0.2, 0.25) is 0 Å². The average Bonchev–Trinajstić information content (AvgIpc) is 2.98. The van der Waals surface area contributed by atoms with Gasteiger partial charge in [0.1, 0.15) is 0 Å². The standard InChI is InChI=1S/C18H20O2/c1-12-14(11-10-13-6-2-3-7-13)18(20)16-9-5-4-8-15(16)17(12)19/h4-5,8-9,13H,2-3,6-7,10-11H2,1H3. The van der Waals surface area contributed by atoms with Gasteiger partial charge >= 0.3 is 0 Å². The van der Waals surface area contributed by atoms with Crippen LogP contribution < -0.4 is 0 Å². The van der Waals surface area contributed by atoms with Crippen LogP contribution in [0.4, 0.5) is 0 Å². The molecule has 2 heteroatoms. The molecule has 2 aliphatic rings. The van der Waals surface area contributed by atoms with Gasteiger partial charge in [-0.2, -0.15) is 0 Å². The average molecular weight is 268 g/mol. The van der Waals surface area contributed by atoms with Crippen molar-refractivity contribution in [1.29, 1.82) is 0 Å². The summed E-state index contributed by atoms with van der Waals surface area (Å²) >= 11 is 0. The lowest BCUT2D eigenvalue weighted by Gasteiger charge is -2.20. The maximum absolute atomic E-state index is 12.6. The Morgan fingerprint density at radius 3 is 2.25 bits per heavy atom. The van der Waals surface area contributed by atoms with Crippen molar-refractivity contribution in [3.63, 3.8) is 0 Å². The Bertz CT molecular complexity index is 589. The fraction of sp³-hybridized carbons (Fsp3) is 0.444. The summed E-state index contributed by atoms with van der Waals surface area (Å²) in [5.41, 5.74) is 2.57. The Labute approximate surface area is 119 Å². The van der Waals surface area contributed by atoms with Gasteiger partial charge < -0.3 is 0 Å². The van der Waals surface area contributed by atoms with Crippen molar-refractivity contribution in [2.45, 2.75) is 45.4 Å². The molecule has 0 aromatic heterocycles. The van der Waals surface area contributed by atoms with Crippen LogP contribution in [0.25, 0.3) is 0 Å². The van der Waals surface area contributed by atoms with Gasteiger partial charge in [-0.3, -0.25) is 9.59 Å². The van der Waals surface area contributed by atoms with E-state index in [0.29, 0.717) is 16.7 Å². The number of hydrogen-bond donors (Lipinski definition) is 0. The number of carbonyl (C=O) groups is 2. The lowest BCUT2D eigenvalue weighted by Crippen LogP contribution is -2.21. The number of hydrogen-bond acceptors (Lipinski definition) is 2. The van der Waals surface area contributed by atoms with Gasteiger partial charge in [0.2, 0.25) is 0 Å². The van der Waals surface area contributed by atoms with Gasteiger partial charge in [-0.05, 0) is 25.7 Å². The second-order valence-corrected chi connectivity index (χ2v) is 6.00. The number of allylic oxidation sites excluding steroid dienone is 2. The zero-order valence-corrected chi connectivity index (χ0v) is 11.9. The minimum absolute atomic E-state index is 0.0293. The molecule has 1 aromatic rings. The van der Waals surface area contributed by atoms with Gasteiger partial charge in [-0.25, -0.2) is 0 Å². The highest BCUT2D eigenvalue weighted by atomic mass is 16.1. The topological polar surface area (TPSA) is 34.1 Å². The third-order valence-electron chi connectivity index (χ3n) is 4.76. The Balaban J connectivity index is 1.85. The van der Waals surface area contributed by atoms with Crippen LogP contribution in [-0.2, 0) is 0 Å². The molecule has 0 heterocycles. The van der Waals surface area contributed by atoms with Crippen molar-refractivity contribution < 1.29 is 9.59 Å². The van der Waals surface area contributed by atoms with E-state index in [-0.39, 0.29) is 11.6 Å². The summed E-state index contributed by atoms with van der Waals surface area (Å²) in [5, 5.41) is 0. The summed E-state index contributed by atoms with van der Waals surface area (Å²) in [7, 11) is 0. The molecule has 0 N–H and O–H groups in total. The molecule has 20 heavy (non-hydrogen) atoms. The molecule has 0 saturated heterocycles. The molecule has 0 atom stereocenters. The van der Waals surface area contributed by atoms with Crippen molar-refractivity contribution in [3.05, 3.63) is 46.5 Å². The van der Waals surface area contributed by atoms with Crippen molar-refractivity contribution in [2.24, 2.45) is 5.92 Å². The highest BCUT2D eigenvalue weighted by Crippen LogP contribution is 2.33. The van der Waals surface area contributed by atoms with E-state index < -0.39 is 0 Å². The first-order valence-electron chi connectivity index (χ1n) is 7.56. The number of fused-ring (bicyclic) bond motifs is 1. The van der Waals surface area contributed by atoms with Gasteiger partial charge in [0.05, 0.1) is 0 Å². The van der Waals surface area contributed by atoms with Crippen molar-refractivity contribution in [1.82, 2.24) is 0 Å². The summed E-state index contributed by atoms with van der Waals surface area (Å²) in [6.45, 7) is 1.81. The van der Waals surface area contributed by atoms with Crippen molar-refractivity contribution >= 4 is 11.6 Å². The molecule has 1 saturated carbocycles. The summed E-state index contributed by atoms with van der Waals surface area (Å²) in [4.78, 5) is 24.9. The predicted molar refractivity (Wildman–Crippen MR) is 79.0 cm³/mol. The first-order chi connectivity index (χ1) is 9.68. The van der Waals surface area contributed by atoms with Crippen LogP contribution in [0, 0.1) is 5.92 Å². The van der Waals surface area contributed by atoms with Crippen molar-refractivity contribution in [3.8, 4) is 0 Å². The quantitative estimate of drug-likeness (QED) is 0.816. The second kappa shape index (κ2) is 5.35. The highest BCUT2D eigenvalue weighted by Gasteiger charge is 2.29. The smallest absolute Gasteiger partial charge is 0.190 e. The molecule has 0 amide bonds. The number of ketones is 2. The summed E-state index contributed by atoms with van der Waals surface area (Å²) < 4.78 is 0. The normalized spacial score (nSPS) is 19.6. The Hall–Kier alpha value is -1.70. The van der Waals surface area contributed by atoms with E-state index in [1.54, 1.807) is 19.1 Å². The minimum Gasteiger partial charge on any atom is -0.289 e. The van der Waals surface area contributed by atoms with Crippen LogP contribution in [0.5, 0.6) is 0 Å². The van der Waals surface area contributed by atoms with Crippen LogP contribution >= 0.6 is 0 Å². The largest absolute Gasteiger partial charge is 0.289 e. The first-order valence-corrected chi connectivity index (χ1v) is 7.56. The molecule has 3 rings (SSSR count). The molecular formula is C18H20O2. The fourth-order valence-electron chi connectivity index (χ4n) is 3.50. The molecule has 1 aromatic carbocycles. The Kier molecular flexibility index (Phi) is 3.56. The zero-order valence-electron chi connectivity index (χ0n) is 11.9. The van der Waals surface area contributed by atoms with Gasteiger partial charge in [-0.15, -0.1) is 0 Å². The van der Waals surface area contributed by atoms with E-state index in [0.717, 1.165) is 24.3 Å². The molecule has 104 valence electrons. The van der Waals surface area contributed by atoms with Gasteiger partial charge in [0, 0.05) is 22.3 Å². The van der Waals surface area contributed by atoms with Gasteiger partial charge in [0.15, 0.2) is 11.6 Å². The van der Waals surface area contributed by atoms with E-state index in [4.69, 9.17) is 0 Å². The van der Waals surface area contributed by atoms with Crippen molar-refractivity contribution in [2.75, 3.05) is 0 Å². The maximum atomic E-state index is 12.6. The Morgan fingerprint density at radius 2 is 1.60 bits per heavy atom. The van der Waals surface area contributed by atoms with Gasteiger partial charge in [-0.1, -0.05) is 49.9 Å². The van der Waals surface area contributed by atoms with Crippen LogP contribution in [0.3, 0.4) is 0 Å². The van der Waals surface area contributed by atoms with E-state index in [1.165, 1.54) is 25.7 Å². The maximum Gasteiger partial charge on any atom is 0.190 e. The zero-order chi connectivity index (χ0) is 14.1. The molecule has 2 aliphatic carbocycles. The number of benzene rings is 1. The lowest BCUT2D eigenvalue weighted by atomic mass is 9.82. The highest BCUT2D eigenvalue weighted by molar-refractivity contribution is 6.26. The second-order valence-electron chi connectivity index (χ2n) is 6.00. The molecule has 1 fully saturated rings. The molecule has 0 aliphatic heterocycles. The van der Waals surface area contributed by atoms with Crippen LogP contribution in [-0.4, -0.2) is 11.6 Å². The van der Waals surface area contributed by atoms with Gasteiger partial charge in [0.25, 0.3) is 0 Å². The molecular weight excluding hydrogens is 248 g/mol. The van der Waals surface area contributed by atoms with E-state index in [2.05, 4.69) is 0 Å². The molecule has 0 spiro atoms. The summed E-state index contributed by atoms with van der Waals surface area (Å²) in [6, 6.07) is 7.18. The summed E-state index contributed by atoms with van der Waals surface area (Å²) in [6.07, 6.45) is 7.01. The monoisotopic (exact) mass is 268 g/mol. The summed E-state index contributed by atoms with van der Waals surface area (Å²) in [5.74, 6) is 0.840. The lowest BCUT2D eigenvalue weighted by molar-refractivity contribution is 0.0971. The number of rotatable bonds is 3. The number of carbonyl (C=O) groups excluding carboxylic acids is 2. The van der Waals surface area contributed by atoms with E-state index in [9.17, 15) is 9.59 Å². The Morgan fingerprint density at radius 1 is 1.00 bits per heavy atom. The number of Topliss-reactive ketones (excluding diaryl/α,β-unsaturated/α-hetero) is 2. The molecule has 0 bridgehead atoms. The third kappa shape index (κ3) is 2.24. The van der Waals surface area contributed by atoms with Crippen LogP contribution in [0.1, 0.15) is 66.2 Å². The SMILES string of the molecule is CC1=C(CCC2CCCC2)C(=O)c2ccccc2C1=O. The van der Waals surface area contributed by atoms with E-state index >= 15 is 0 Å². The third-order valence-corrected chi connectivity index (χ3v) is 4.76.